The van der Waals surface area contributed by atoms with Gasteiger partial charge in [-0.1, -0.05) is 23.7 Å². The number of hydrogen-bond acceptors (Lipinski definition) is 5. The first-order valence-corrected chi connectivity index (χ1v) is 7.86. The molecule has 2 atom stereocenters. The minimum absolute atomic E-state index is 0.0848. The van der Waals surface area contributed by atoms with Crippen LogP contribution in [0.2, 0.25) is 5.02 Å². The normalized spacial score (nSPS) is 13.0. The van der Waals surface area contributed by atoms with Gasteiger partial charge in [0, 0.05) is 10.9 Å². The Morgan fingerprint density at radius 1 is 1.04 bits per heavy atom. The second kappa shape index (κ2) is 9.30. The topological polar surface area (TPSA) is 69.7 Å². The van der Waals surface area contributed by atoms with Crippen LogP contribution in [-0.4, -0.2) is 30.9 Å². The Labute approximate surface area is 140 Å². The molecule has 0 amide bonds. The molecule has 0 saturated heterocycles. The zero-order valence-electron chi connectivity index (χ0n) is 13.5. The quantitative estimate of drug-likeness (QED) is 0.537. The van der Waals surface area contributed by atoms with E-state index in [9.17, 15) is 14.4 Å². The molecule has 0 N–H and O–H groups in total. The molecule has 1 aromatic rings. The molecule has 5 nitrogen and oxygen atoms in total. The van der Waals surface area contributed by atoms with Crippen molar-refractivity contribution in [1.29, 1.82) is 0 Å². The molecule has 0 spiro atoms. The van der Waals surface area contributed by atoms with Gasteiger partial charge in [0.2, 0.25) is 0 Å². The lowest BCUT2D eigenvalue weighted by atomic mass is 9.81. The Morgan fingerprint density at radius 3 is 2.09 bits per heavy atom. The third-order valence-electron chi connectivity index (χ3n) is 3.37. The van der Waals surface area contributed by atoms with Crippen LogP contribution in [0.3, 0.4) is 0 Å². The van der Waals surface area contributed by atoms with Crippen LogP contribution in [-0.2, 0) is 23.9 Å². The van der Waals surface area contributed by atoms with Crippen molar-refractivity contribution in [3.05, 3.63) is 34.9 Å². The number of carbonyl (C=O) groups is 3. The number of halogens is 1. The Kier molecular flexibility index (Phi) is 7.75. The Balaban J connectivity index is 3.18. The molecule has 126 valence electrons. The number of ether oxygens (including phenoxy) is 2. The zero-order valence-corrected chi connectivity index (χ0v) is 14.3. The molecule has 0 aliphatic carbocycles. The van der Waals surface area contributed by atoms with Crippen molar-refractivity contribution in [1.82, 2.24) is 0 Å². The minimum Gasteiger partial charge on any atom is -0.466 e. The number of Topliss-reactive ketones (excluding diaryl/α,β-unsaturated/α-hetero) is 1. The number of carbonyl (C=O) groups excluding carboxylic acids is 3. The van der Waals surface area contributed by atoms with Gasteiger partial charge in [0.1, 0.15) is 11.7 Å². The van der Waals surface area contributed by atoms with Crippen LogP contribution in [0.5, 0.6) is 0 Å². The number of rotatable bonds is 8. The molecular weight excluding hydrogens is 320 g/mol. The summed E-state index contributed by atoms with van der Waals surface area (Å²) in [5.41, 5.74) is 0.663. The van der Waals surface area contributed by atoms with Crippen molar-refractivity contribution in [2.75, 3.05) is 13.2 Å². The van der Waals surface area contributed by atoms with E-state index in [2.05, 4.69) is 0 Å². The van der Waals surface area contributed by atoms with E-state index in [-0.39, 0.29) is 25.4 Å². The van der Waals surface area contributed by atoms with E-state index in [0.29, 0.717) is 10.6 Å². The molecular formula is C17H21ClO5. The molecule has 0 saturated carbocycles. The van der Waals surface area contributed by atoms with Gasteiger partial charge in [-0.2, -0.15) is 0 Å². The third-order valence-corrected chi connectivity index (χ3v) is 3.62. The fourth-order valence-corrected chi connectivity index (χ4v) is 2.51. The summed E-state index contributed by atoms with van der Waals surface area (Å²) in [4.78, 5) is 36.1. The van der Waals surface area contributed by atoms with Gasteiger partial charge in [0.15, 0.2) is 0 Å². The SMILES string of the molecule is CCOC(=O)C[C@H](c1ccc(Cl)cc1)[C@@H](C(C)=O)C(=O)OCC. The summed E-state index contributed by atoms with van der Waals surface area (Å²) >= 11 is 5.88. The molecule has 0 radical (unpaired) electrons. The zero-order chi connectivity index (χ0) is 17.4. The standard InChI is InChI=1S/C17H21ClO5/c1-4-22-15(20)10-14(12-6-8-13(18)9-7-12)16(11(3)19)17(21)23-5-2/h6-9,14,16H,4-5,10H2,1-3H3/t14-,16-/m1/s1. The smallest absolute Gasteiger partial charge is 0.317 e. The highest BCUT2D eigenvalue weighted by molar-refractivity contribution is 6.30. The molecule has 23 heavy (non-hydrogen) atoms. The van der Waals surface area contributed by atoms with Crippen molar-refractivity contribution in [3.8, 4) is 0 Å². The van der Waals surface area contributed by atoms with E-state index in [1.165, 1.54) is 6.92 Å². The Morgan fingerprint density at radius 2 is 1.61 bits per heavy atom. The van der Waals surface area contributed by atoms with Crippen molar-refractivity contribution < 1.29 is 23.9 Å². The number of benzene rings is 1. The van der Waals surface area contributed by atoms with Crippen LogP contribution in [0.1, 0.15) is 38.7 Å². The number of esters is 2. The van der Waals surface area contributed by atoms with Crippen LogP contribution in [0, 0.1) is 5.92 Å². The Bertz CT molecular complexity index is 553. The number of hydrogen-bond donors (Lipinski definition) is 0. The van der Waals surface area contributed by atoms with Crippen LogP contribution < -0.4 is 0 Å². The fraction of sp³-hybridized carbons (Fsp3) is 0.471. The molecule has 0 aliphatic heterocycles. The second-order valence-corrected chi connectivity index (χ2v) is 5.44. The maximum absolute atomic E-state index is 12.2. The lowest BCUT2D eigenvalue weighted by molar-refractivity contribution is -0.153. The molecule has 0 aliphatic rings. The third kappa shape index (κ3) is 5.67. The van der Waals surface area contributed by atoms with Gasteiger partial charge in [-0.15, -0.1) is 0 Å². The van der Waals surface area contributed by atoms with Crippen molar-refractivity contribution in [3.63, 3.8) is 0 Å². The van der Waals surface area contributed by atoms with Crippen molar-refractivity contribution >= 4 is 29.3 Å². The van der Waals surface area contributed by atoms with Gasteiger partial charge in [0.05, 0.1) is 19.6 Å². The maximum atomic E-state index is 12.2. The fourth-order valence-electron chi connectivity index (χ4n) is 2.38. The summed E-state index contributed by atoms with van der Waals surface area (Å²) in [7, 11) is 0. The predicted octanol–water partition coefficient (Wildman–Crippen LogP) is 3.15. The molecule has 0 unspecified atom stereocenters. The van der Waals surface area contributed by atoms with Crippen LogP contribution in [0.4, 0.5) is 0 Å². The summed E-state index contributed by atoms with van der Waals surface area (Å²) in [6, 6.07) is 6.69. The number of ketones is 1. The predicted molar refractivity (Wildman–Crippen MR) is 86.2 cm³/mol. The molecule has 1 rings (SSSR count). The summed E-state index contributed by atoms with van der Waals surface area (Å²) in [5.74, 6) is -3.16. The second-order valence-electron chi connectivity index (χ2n) is 5.01. The molecule has 6 heteroatoms. The average Bonchev–Trinajstić information content (AvgIpc) is 2.47. The summed E-state index contributed by atoms with van der Waals surface area (Å²) < 4.78 is 9.95. The van der Waals surface area contributed by atoms with E-state index in [1.807, 2.05) is 0 Å². The molecule has 0 bridgehead atoms. The van der Waals surface area contributed by atoms with Gasteiger partial charge in [-0.25, -0.2) is 0 Å². The van der Waals surface area contributed by atoms with E-state index in [4.69, 9.17) is 21.1 Å². The van der Waals surface area contributed by atoms with Gasteiger partial charge in [0.25, 0.3) is 0 Å². The molecule has 0 heterocycles. The van der Waals surface area contributed by atoms with Gasteiger partial charge < -0.3 is 9.47 Å². The highest BCUT2D eigenvalue weighted by Gasteiger charge is 2.36. The lowest BCUT2D eigenvalue weighted by Gasteiger charge is -2.23. The molecule has 1 aromatic carbocycles. The first-order valence-electron chi connectivity index (χ1n) is 7.48. The summed E-state index contributed by atoms with van der Waals surface area (Å²) in [6.45, 7) is 5.07. The highest BCUT2D eigenvalue weighted by Crippen LogP contribution is 2.31. The first kappa shape index (κ1) is 19.2. The van der Waals surface area contributed by atoms with Gasteiger partial charge >= 0.3 is 11.9 Å². The average molecular weight is 341 g/mol. The van der Waals surface area contributed by atoms with E-state index < -0.39 is 23.8 Å². The first-order chi connectivity index (χ1) is 10.9. The van der Waals surface area contributed by atoms with Gasteiger partial charge in [-0.05, 0) is 38.5 Å². The van der Waals surface area contributed by atoms with Gasteiger partial charge in [-0.3, -0.25) is 14.4 Å². The van der Waals surface area contributed by atoms with E-state index in [1.54, 1.807) is 38.1 Å². The highest BCUT2D eigenvalue weighted by atomic mass is 35.5. The minimum atomic E-state index is -1.06. The lowest BCUT2D eigenvalue weighted by Crippen LogP contribution is -2.32. The maximum Gasteiger partial charge on any atom is 0.317 e. The van der Waals surface area contributed by atoms with Crippen molar-refractivity contribution in [2.45, 2.75) is 33.1 Å². The summed E-state index contributed by atoms with van der Waals surface area (Å²) in [5, 5.41) is 0.527. The van der Waals surface area contributed by atoms with Crippen molar-refractivity contribution in [2.24, 2.45) is 5.92 Å². The summed E-state index contributed by atoms with van der Waals surface area (Å²) in [6.07, 6.45) is -0.0848. The van der Waals surface area contributed by atoms with E-state index >= 15 is 0 Å². The van der Waals surface area contributed by atoms with Crippen LogP contribution >= 0.6 is 11.6 Å². The molecule has 0 aromatic heterocycles. The Hall–Kier alpha value is -1.88. The largest absolute Gasteiger partial charge is 0.466 e. The van der Waals surface area contributed by atoms with Crippen LogP contribution in [0.25, 0.3) is 0 Å². The van der Waals surface area contributed by atoms with E-state index in [0.717, 1.165) is 0 Å². The monoisotopic (exact) mass is 340 g/mol. The molecule has 0 fully saturated rings. The van der Waals surface area contributed by atoms with Crippen LogP contribution in [0.15, 0.2) is 24.3 Å².